The highest BCUT2D eigenvalue weighted by Crippen LogP contribution is 2.13. The van der Waals surface area contributed by atoms with Crippen LogP contribution in [0, 0.1) is 13.8 Å². The highest BCUT2D eigenvalue weighted by molar-refractivity contribution is 5.80. The Bertz CT molecular complexity index is 608. The third kappa shape index (κ3) is 5.24. The van der Waals surface area contributed by atoms with E-state index in [9.17, 15) is 4.79 Å². The van der Waals surface area contributed by atoms with Crippen LogP contribution in [0.15, 0.2) is 48.5 Å². The maximum atomic E-state index is 11.8. The molecule has 2 N–H and O–H groups in total. The molecule has 0 aliphatic rings. The van der Waals surface area contributed by atoms with Gasteiger partial charge in [0.1, 0.15) is 0 Å². The van der Waals surface area contributed by atoms with E-state index in [0.29, 0.717) is 13.1 Å². The fraction of sp³-hybridized carbons (Fsp3) is 0.316. The fourth-order valence-electron chi connectivity index (χ4n) is 2.26. The minimum atomic E-state index is 0.0336. The summed E-state index contributed by atoms with van der Waals surface area (Å²) in [5.74, 6) is 0.0336. The molecular weight excluding hydrogens is 272 g/mol. The molecule has 0 aromatic heterocycles. The van der Waals surface area contributed by atoms with Gasteiger partial charge in [0.15, 0.2) is 0 Å². The molecule has 0 fully saturated rings. The van der Waals surface area contributed by atoms with Crippen LogP contribution in [0.4, 0.5) is 5.69 Å². The summed E-state index contributed by atoms with van der Waals surface area (Å²) in [7, 11) is 0. The molecule has 2 aromatic rings. The Hall–Kier alpha value is -2.29. The number of carbonyl (C=O) groups is 1. The van der Waals surface area contributed by atoms with Crippen molar-refractivity contribution in [1.29, 1.82) is 0 Å². The van der Waals surface area contributed by atoms with E-state index in [1.54, 1.807) is 0 Å². The number of anilines is 1. The molecule has 0 atom stereocenters. The summed E-state index contributed by atoms with van der Waals surface area (Å²) in [4.78, 5) is 11.8. The quantitative estimate of drug-likeness (QED) is 0.768. The molecule has 0 spiro atoms. The van der Waals surface area contributed by atoms with E-state index in [1.807, 2.05) is 24.3 Å². The third-order valence-electron chi connectivity index (χ3n) is 3.77. The second kappa shape index (κ2) is 8.23. The second-order valence-corrected chi connectivity index (χ2v) is 5.59. The highest BCUT2D eigenvalue weighted by atomic mass is 16.1. The number of benzene rings is 2. The van der Waals surface area contributed by atoms with Crippen LogP contribution in [0.1, 0.15) is 23.1 Å². The van der Waals surface area contributed by atoms with Crippen molar-refractivity contribution in [2.75, 3.05) is 18.4 Å². The van der Waals surface area contributed by atoms with Crippen molar-refractivity contribution in [3.05, 3.63) is 65.2 Å². The van der Waals surface area contributed by atoms with Crippen LogP contribution in [-0.4, -0.2) is 19.0 Å². The number of nitrogens with one attached hydrogen (secondary N) is 2. The molecule has 3 nitrogen and oxygen atoms in total. The summed E-state index contributed by atoms with van der Waals surface area (Å²) < 4.78 is 0. The van der Waals surface area contributed by atoms with Crippen molar-refractivity contribution in [2.24, 2.45) is 0 Å². The Morgan fingerprint density at radius 2 is 1.77 bits per heavy atom. The van der Waals surface area contributed by atoms with Gasteiger partial charge in [-0.05, 0) is 55.5 Å². The smallest absolute Gasteiger partial charge is 0.239 e. The van der Waals surface area contributed by atoms with Crippen molar-refractivity contribution in [3.8, 4) is 0 Å². The first-order valence-electron chi connectivity index (χ1n) is 7.77. The largest absolute Gasteiger partial charge is 0.376 e. The average molecular weight is 296 g/mol. The maximum Gasteiger partial charge on any atom is 0.239 e. The van der Waals surface area contributed by atoms with Gasteiger partial charge in [0, 0.05) is 12.2 Å². The number of rotatable bonds is 7. The second-order valence-electron chi connectivity index (χ2n) is 5.59. The van der Waals surface area contributed by atoms with Crippen molar-refractivity contribution in [3.63, 3.8) is 0 Å². The molecule has 22 heavy (non-hydrogen) atoms. The molecule has 0 unspecified atom stereocenters. The van der Waals surface area contributed by atoms with Gasteiger partial charge in [0.2, 0.25) is 5.91 Å². The van der Waals surface area contributed by atoms with Gasteiger partial charge in [-0.15, -0.1) is 0 Å². The monoisotopic (exact) mass is 296 g/mol. The van der Waals surface area contributed by atoms with Crippen LogP contribution in [0.25, 0.3) is 0 Å². The summed E-state index contributed by atoms with van der Waals surface area (Å²) in [6, 6.07) is 16.5. The van der Waals surface area contributed by atoms with Gasteiger partial charge in [0.25, 0.3) is 0 Å². The third-order valence-corrected chi connectivity index (χ3v) is 3.77. The lowest BCUT2D eigenvalue weighted by atomic mass is 10.1. The van der Waals surface area contributed by atoms with Crippen molar-refractivity contribution in [2.45, 2.75) is 26.7 Å². The molecule has 0 radical (unpaired) electrons. The standard InChI is InChI=1S/C19H24N2O/c1-15-10-11-18(13-16(15)2)21-14-19(22)20-12-6-9-17-7-4-3-5-8-17/h3-5,7-8,10-11,13,21H,6,9,12,14H2,1-2H3,(H,20,22). The lowest BCUT2D eigenvalue weighted by molar-refractivity contribution is -0.119. The lowest BCUT2D eigenvalue weighted by Crippen LogP contribution is -2.30. The van der Waals surface area contributed by atoms with Crippen LogP contribution >= 0.6 is 0 Å². The van der Waals surface area contributed by atoms with Crippen LogP contribution in [0.2, 0.25) is 0 Å². The summed E-state index contributed by atoms with van der Waals surface area (Å²) in [5, 5.41) is 6.11. The van der Waals surface area contributed by atoms with Crippen molar-refractivity contribution in [1.82, 2.24) is 5.32 Å². The van der Waals surface area contributed by atoms with Gasteiger partial charge in [-0.2, -0.15) is 0 Å². The summed E-state index contributed by atoms with van der Waals surface area (Å²) in [6.07, 6.45) is 1.95. The topological polar surface area (TPSA) is 41.1 Å². The Kier molecular flexibility index (Phi) is 6.01. The molecule has 1 amide bonds. The zero-order valence-electron chi connectivity index (χ0n) is 13.4. The highest BCUT2D eigenvalue weighted by Gasteiger charge is 2.01. The molecule has 0 aliphatic heterocycles. The summed E-state index contributed by atoms with van der Waals surface area (Å²) >= 11 is 0. The number of hydrogen-bond acceptors (Lipinski definition) is 2. The summed E-state index contributed by atoms with van der Waals surface area (Å²) in [6.45, 7) is 5.18. The lowest BCUT2D eigenvalue weighted by Gasteiger charge is -2.09. The number of hydrogen-bond donors (Lipinski definition) is 2. The van der Waals surface area contributed by atoms with Gasteiger partial charge < -0.3 is 10.6 Å². The Morgan fingerprint density at radius 1 is 1.00 bits per heavy atom. The van der Waals surface area contributed by atoms with Gasteiger partial charge in [-0.25, -0.2) is 0 Å². The van der Waals surface area contributed by atoms with E-state index in [0.717, 1.165) is 18.5 Å². The van der Waals surface area contributed by atoms with Crippen LogP contribution < -0.4 is 10.6 Å². The Morgan fingerprint density at radius 3 is 2.50 bits per heavy atom. The predicted octanol–water partition coefficient (Wildman–Crippen LogP) is 3.46. The fourth-order valence-corrected chi connectivity index (χ4v) is 2.26. The first kappa shape index (κ1) is 16.1. The van der Waals surface area contributed by atoms with E-state index < -0.39 is 0 Å². The first-order chi connectivity index (χ1) is 10.6. The van der Waals surface area contributed by atoms with Gasteiger partial charge in [0.05, 0.1) is 6.54 Å². The molecule has 3 heteroatoms. The van der Waals surface area contributed by atoms with Gasteiger partial charge in [-0.1, -0.05) is 36.4 Å². The minimum absolute atomic E-state index is 0.0336. The molecule has 0 heterocycles. The number of carbonyl (C=O) groups excluding carboxylic acids is 1. The average Bonchev–Trinajstić information content (AvgIpc) is 2.54. The molecular formula is C19H24N2O. The van der Waals surface area contributed by atoms with Crippen LogP contribution in [-0.2, 0) is 11.2 Å². The van der Waals surface area contributed by atoms with Gasteiger partial charge >= 0.3 is 0 Å². The van der Waals surface area contributed by atoms with Crippen LogP contribution in [0.5, 0.6) is 0 Å². The normalized spacial score (nSPS) is 10.3. The van der Waals surface area contributed by atoms with E-state index in [2.05, 4.69) is 48.7 Å². The molecule has 0 bridgehead atoms. The molecule has 116 valence electrons. The first-order valence-corrected chi connectivity index (χ1v) is 7.77. The molecule has 2 aromatic carbocycles. The Balaban J connectivity index is 1.64. The molecule has 2 rings (SSSR count). The van der Waals surface area contributed by atoms with Crippen LogP contribution in [0.3, 0.4) is 0 Å². The zero-order chi connectivity index (χ0) is 15.8. The SMILES string of the molecule is Cc1ccc(NCC(=O)NCCCc2ccccc2)cc1C. The van der Waals surface area contributed by atoms with Crippen molar-refractivity contribution >= 4 is 11.6 Å². The van der Waals surface area contributed by atoms with E-state index in [-0.39, 0.29) is 5.91 Å². The molecule has 0 aliphatic carbocycles. The zero-order valence-corrected chi connectivity index (χ0v) is 13.4. The number of aryl methyl sites for hydroxylation is 3. The van der Waals surface area contributed by atoms with E-state index in [1.165, 1.54) is 16.7 Å². The van der Waals surface area contributed by atoms with Crippen molar-refractivity contribution < 1.29 is 4.79 Å². The van der Waals surface area contributed by atoms with E-state index in [4.69, 9.17) is 0 Å². The Labute approximate surface area is 132 Å². The number of amides is 1. The van der Waals surface area contributed by atoms with Gasteiger partial charge in [-0.3, -0.25) is 4.79 Å². The van der Waals surface area contributed by atoms with E-state index >= 15 is 0 Å². The maximum absolute atomic E-state index is 11.8. The minimum Gasteiger partial charge on any atom is -0.376 e. The molecule has 0 saturated carbocycles. The molecule has 0 saturated heterocycles. The summed E-state index contributed by atoms with van der Waals surface area (Å²) in [5.41, 5.74) is 4.79. The predicted molar refractivity (Wildman–Crippen MR) is 92.2 cm³/mol.